The van der Waals surface area contributed by atoms with Crippen molar-refractivity contribution in [2.24, 2.45) is 5.92 Å². The molecule has 1 fully saturated rings. The molecule has 0 aromatic rings. The zero-order chi connectivity index (χ0) is 8.81. The van der Waals surface area contributed by atoms with Crippen LogP contribution < -0.4 is 5.32 Å². The number of terminal acetylenes is 1. The lowest BCUT2D eigenvalue weighted by Crippen LogP contribution is -2.41. The van der Waals surface area contributed by atoms with E-state index < -0.39 is 0 Å². The van der Waals surface area contributed by atoms with Crippen molar-refractivity contribution in [3.05, 3.63) is 0 Å². The van der Waals surface area contributed by atoms with Gasteiger partial charge in [0.05, 0.1) is 6.61 Å². The van der Waals surface area contributed by atoms with Crippen LogP contribution >= 0.6 is 0 Å². The first-order valence-corrected chi connectivity index (χ1v) is 4.59. The normalized spacial score (nSPS) is 29.7. The van der Waals surface area contributed by atoms with Crippen LogP contribution in [-0.2, 0) is 4.74 Å². The van der Waals surface area contributed by atoms with Crippen molar-refractivity contribution in [2.45, 2.75) is 25.8 Å². The highest BCUT2D eigenvalue weighted by atomic mass is 16.5. The molecular formula is C10H17NO. The maximum Gasteiger partial charge on any atom is 0.0506 e. The molecule has 0 spiro atoms. The number of hydrogen-bond donors (Lipinski definition) is 1. The van der Waals surface area contributed by atoms with Gasteiger partial charge < -0.3 is 10.1 Å². The smallest absolute Gasteiger partial charge is 0.0506 e. The predicted octanol–water partition coefficient (Wildman–Crippen LogP) is 1.02. The van der Waals surface area contributed by atoms with Crippen molar-refractivity contribution in [2.75, 3.05) is 19.8 Å². The van der Waals surface area contributed by atoms with Crippen LogP contribution in [0.4, 0.5) is 0 Å². The Morgan fingerprint density at radius 1 is 1.67 bits per heavy atom. The van der Waals surface area contributed by atoms with E-state index in [1.807, 2.05) is 0 Å². The maximum absolute atomic E-state index is 5.34. The fraction of sp³-hybridized carbons (Fsp3) is 0.800. The highest BCUT2D eigenvalue weighted by Gasteiger charge is 2.20. The molecule has 68 valence electrons. The van der Waals surface area contributed by atoms with Crippen LogP contribution in [0, 0.1) is 18.3 Å². The third-order valence-electron chi connectivity index (χ3n) is 2.32. The van der Waals surface area contributed by atoms with E-state index in [0.717, 1.165) is 32.6 Å². The van der Waals surface area contributed by atoms with E-state index in [1.54, 1.807) is 0 Å². The second-order valence-electron chi connectivity index (χ2n) is 3.36. The highest BCUT2D eigenvalue weighted by Crippen LogP contribution is 2.13. The average molecular weight is 167 g/mol. The van der Waals surface area contributed by atoms with E-state index >= 15 is 0 Å². The number of hydrogen-bond acceptors (Lipinski definition) is 2. The lowest BCUT2D eigenvalue weighted by Gasteiger charge is -2.29. The summed E-state index contributed by atoms with van der Waals surface area (Å²) in [6.45, 7) is 4.92. The van der Waals surface area contributed by atoms with Crippen molar-refractivity contribution in [1.29, 1.82) is 0 Å². The molecule has 0 aromatic heterocycles. The second-order valence-corrected chi connectivity index (χ2v) is 3.36. The molecule has 2 atom stereocenters. The minimum atomic E-state index is 0.604. The minimum Gasteiger partial charge on any atom is -0.381 e. The molecule has 1 N–H and O–H groups in total. The molecule has 2 heteroatoms. The summed E-state index contributed by atoms with van der Waals surface area (Å²) >= 11 is 0. The number of nitrogens with one attached hydrogen (secondary N) is 1. The third-order valence-corrected chi connectivity index (χ3v) is 2.32. The Kier molecular flexibility index (Phi) is 4.13. The Morgan fingerprint density at radius 3 is 3.17 bits per heavy atom. The van der Waals surface area contributed by atoms with Crippen molar-refractivity contribution >= 4 is 0 Å². The van der Waals surface area contributed by atoms with Crippen LogP contribution in [0.3, 0.4) is 0 Å². The summed E-state index contributed by atoms with van der Waals surface area (Å²) in [5.41, 5.74) is 0. The summed E-state index contributed by atoms with van der Waals surface area (Å²) in [5, 5.41) is 3.45. The first-order valence-electron chi connectivity index (χ1n) is 4.59. The van der Waals surface area contributed by atoms with Gasteiger partial charge in [0.2, 0.25) is 0 Å². The van der Waals surface area contributed by atoms with Gasteiger partial charge in [-0.05, 0) is 12.3 Å². The highest BCUT2D eigenvalue weighted by molar-refractivity contribution is 4.85. The van der Waals surface area contributed by atoms with Crippen LogP contribution in [-0.4, -0.2) is 25.8 Å². The summed E-state index contributed by atoms with van der Waals surface area (Å²) < 4.78 is 5.34. The molecule has 12 heavy (non-hydrogen) atoms. The molecule has 2 unspecified atom stereocenters. The minimum absolute atomic E-state index is 0.604. The van der Waals surface area contributed by atoms with E-state index in [-0.39, 0.29) is 0 Å². The van der Waals surface area contributed by atoms with Crippen LogP contribution in [0.1, 0.15) is 19.8 Å². The van der Waals surface area contributed by atoms with E-state index in [1.165, 1.54) is 0 Å². The Bertz CT molecular complexity index is 162. The molecule has 1 rings (SSSR count). The molecule has 0 saturated carbocycles. The van der Waals surface area contributed by atoms with Crippen molar-refractivity contribution in [3.8, 4) is 12.3 Å². The maximum atomic E-state index is 5.34. The zero-order valence-electron chi connectivity index (χ0n) is 7.68. The monoisotopic (exact) mass is 167 g/mol. The summed E-state index contributed by atoms with van der Waals surface area (Å²) in [6, 6.07) is 0.604. The second kappa shape index (κ2) is 5.18. The molecule has 2 nitrogen and oxygen atoms in total. The molecule has 1 saturated heterocycles. The van der Waals surface area contributed by atoms with Gasteiger partial charge in [0.1, 0.15) is 0 Å². The summed E-state index contributed by atoms with van der Waals surface area (Å²) in [4.78, 5) is 0. The van der Waals surface area contributed by atoms with Gasteiger partial charge in [0.25, 0.3) is 0 Å². The molecule has 0 aromatic carbocycles. The predicted molar refractivity (Wildman–Crippen MR) is 49.8 cm³/mol. The SMILES string of the molecule is C#CCCNC1CCOCC1C. The van der Waals surface area contributed by atoms with Crippen molar-refractivity contribution in [3.63, 3.8) is 0 Å². The summed E-state index contributed by atoms with van der Waals surface area (Å²) in [5.74, 6) is 3.25. The molecule has 1 aliphatic rings. The molecule has 0 bridgehead atoms. The fourth-order valence-electron chi connectivity index (χ4n) is 1.51. The van der Waals surface area contributed by atoms with Crippen molar-refractivity contribution in [1.82, 2.24) is 5.32 Å². The quantitative estimate of drug-likeness (QED) is 0.500. The zero-order valence-corrected chi connectivity index (χ0v) is 7.68. The van der Waals surface area contributed by atoms with Gasteiger partial charge in [0.15, 0.2) is 0 Å². The van der Waals surface area contributed by atoms with E-state index in [9.17, 15) is 0 Å². The molecular weight excluding hydrogens is 150 g/mol. The van der Waals surface area contributed by atoms with Crippen LogP contribution in [0.15, 0.2) is 0 Å². The van der Waals surface area contributed by atoms with Crippen LogP contribution in [0.2, 0.25) is 0 Å². The van der Waals surface area contributed by atoms with Crippen molar-refractivity contribution < 1.29 is 4.74 Å². The van der Waals surface area contributed by atoms with Gasteiger partial charge in [0, 0.05) is 25.6 Å². The van der Waals surface area contributed by atoms with Crippen LogP contribution in [0.25, 0.3) is 0 Å². The molecule has 1 aliphatic heterocycles. The Labute approximate surface area is 74.7 Å². The third kappa shape index (κ3) is 2.84. The topological polar surface area (TPSA) is 21.3 Å². The van der Waals surface area contributed by atoms with Gasteiger partial charge in [-0.3, -0.25) is 0 Å². The van der Waals surface area contributed by atoms with Gasteiger partial charge >= 0.3 is 0 Å². The van der Waals surface area contributed by atoms with Gasteiger partial charge in [-0.15, -0.1) is 12.3 Å². The summed E-state index contributed by atoms with van der Waals surface area (Å²) in [6.07, 6.45) is 7.10. The fourth-order valence-corrected chi connectivity index (χ4v) is 1.51. The molecule has 1 heterocycles. The number of rotatable bonds is 3. The Hall–Kier alpha value is -0.520. The van der Waals surface area contributed by atoms with Gasteiger partial charge in [-0.2, -0.15) is 0 Å². The standard InChI is InChI=1S/C10H17NO/c1-3-4-6-11-10-5-7-12-8-9(10)2/h1,9-11H,4-8H2,2H3. The first-order chi connectivity index (χ1) is 5.84. The average Bonchev–Trinajstić information content (AvgIpc) is 2.09. The molecule has 0 amide bonds. The number of ether oxygens (including phenoxy) is 1. The van der Waals surface area contributed by atoms with E-state index in [2.05, 4.69) is 18.2 Å². The molecule has 0 radical (unpaired) electrons. The molecule has 0 aliphatic carbocycles. The van der Waals surface area contributed by atoms with E-state index in [0.29, 0.717) is 12.0 Å². The first kappa shape index (κ1) is 9.57. The van der Waals surface area contributed by atoms with Crippen LogP contribution in [0.5, 0.6) is 0 Å². The van der Waals surface area contributed by atoms with Gasteiger partial charge in [-0.25, -0.2) is 0 Å². The Balaban J connectivity index is 2.16. The van der Waals surface area contributed by atoms with Gasteiger partial charge in [-0.1, -0.05) is 6.92 Å². The Morgan fingerprint density at radius 2 is 2.50 bits per heavy atom. The lowest BCUT2D eigenvalue weighted by atomic mass is 9.98. The lowest BCUT2D eigenvalue weighted by molar-refractivity contribution is 0.0394. The summed E-state index contributed by atoms with van der Waals surface area (Å²) in [7, 11) is 0. The largest absolute Gasteiger partial charge is 0.381 e. The van der Waals surface area contributed by atoms with E-state index in [4.69, 9.17) is 11.2 Å².